The van der Waals surface area contributed by atoms with Crippen LogP contribution in [0, 0.1) is 17.2 Å². The SMILES string of the molecule is N#CC(N)(CSc1cc2ccccc2[nH]1)C1CC1. The minimum atomic E-state index is -0.665. The molecule has 3 nitrogen and oxygen atoms in total. The van der Waals surface area contributed by atoms with Gasteiger partial charge in [-0.15, -0.1) is 11.8 Å². The number of nitrogens with two attached hydrogens (primary N) is 1. The van der Waals surface area contributed by atoms with E-state index >= 15 is 0 Å². The summed E-state index contributed by atoms with van der Waals surface area (Å²) in [6.45, 7) is 0. The molecule has 1 saturated carbocycles. The van der Waals surface area contributed by atoms with Gasteiger partial charge in [-0.1, -0.05) is 18.2 Å². The van der Waals surface area contributed by atoms with E-state index in [1.807, 2.05) is 12.1 Å². The van der Waals surface area contributed by atoms with Gasteiger partial charge in [0.2, 0.25) is 0 Å². The zero-order chi connectivity index (χ0) is 12.6. The van der Waals surface area contributed by atoms with E-state index < -0.39 is 5.54 Å². The highest BCUT2D eigenvalue weighted by Crippen LogP contribution is 2.40. The summed E-state index contributed by atoms with van der Waals surface area (Å²) in [7, 11) is 0. The number of hydrogen-bond donors (Lipinski definition) is 2. The van der Waals surface area contributed by atoms with Crippen molar-refractivity contribution >= 4 is 22.7 Å². The second-order valence-corrected chi connectivity index (χ2v) is 5.95. The van der Waals surface area contributed by atoms with Crippen molar-refractivity contribution in [3.8, 4) is 6.07 Å². The minimum Gasteiger partial charge on any atom is -0.350 e. The van der Waals surface area contributed by atoms with Crippen LogP contribution in [0.15, 0.2) is 35.4 Å². The lowest BCUT2D eigenvalue weighted by Gasteiger charge is -2.19. The van der Waals surface area contributed by atoms with E-state index in [-0.39, 0.29) is 0 Å². The first-order valence-corrected chi connectivity index (χ1v) is 7.10. The number of aromatic amines is 1. The molecule has 1 fully saturated rings. The summed E-state index contributed by atoms with van der Waals surface area (Å²) < 4.78 is 0. The molecule has 0 spiro atoms. The Morgan fingerprint density at radius 1 is 1.44 bits per heavy atom. The van der Waals surface area contributed by atoms with Gasteiger partial charge in [0, 0.05) is 16.7 Å². The Hall–Kier alpha value is -1.44. The standard InChI is InChI=1S/C14H15N3S/c15-8-14(16,11-5-6-11)9-18-13-7-10-3-1-2-4-12(10)17-13/h1-4,7,11,17H,5-6,9,16H2. The van der Waals surface area contributed by atoms with Gasteiger partial charge < -0.3 is 10.7 Å². The fourth-order valence-electron chi connectivity index (χ4n) is 2.16. The average Bonchev–Trinajstić information content (AvgIpc) is 3.16. The van der Waals surface area contributed by atoms with E-state index in [2.05, 4.69) is 29.3 Å². The molecule has 92 valence electrons. The van der Waals surface area contributed by atoms with Crippen molar-refractivity contribution in [3.05, 3.63) is 30.3 Å². The van der Waals surface area contributed by atoms with E-state index in [0.717, 1.165) is 23.4 Å². The van der Waals surface area contributed by atoms with Crippen molar-refractivity contribution in [2.45, 2.75) is 23.4 Å². The summed E-state index contributed by atoms with van der Waals surface area (Å²) in [4.78, 5) is 3.35. The van der Waals surface area contributed by atoms with Gasteiger partial charge in [0.05, 0.1) is 11.1 Å². The van der Waals surface area contributed by atoms with Gasteiger partial charge in [0.1, 0.15) is 5.54 Å². The summed E-state index contributed by atoms with van der Waals surface area (Å²) in [6, 6.07) is 12.6. The molecule has 0 aliphatic heterocycles. The van der Waals surface area contributed by atoms with Gasteiger partial charge >= 0.3 is 0 Å². The van der Waals surface area contributed by atoms with Crippen molar-refractivity contribution in [2.75, 3.05) is 5.75 Å². The predicted octanol–water partition coefficient (Wildman–Crippen LogP) is 2.89. The van der Waals surface area contributed by atoms with E-state index in [9.17, 15) is 5.26 Å². The third-order valence-electron chi connectivity index (χ3n) is 3.49. The molecule has 3 rings (SSSR count). The fraction of sp³-hybridized carbons (Fsp3) is 0.357. The minimum absolute atomic E-state index is 0.388. The number of aromatic nitrogens is 1. The summed E-state index contributed by atoms with van der Waals surface area (Å²) in [6.07, 6.45) is 2.19. The first kappa shape index (κ1) is 11.6. The van der Waals surface area contributed by atoms with E-state index in [1.165, 1.54) is 5.39 Å². The average molecular weight is 257 g/mol. The molecule has 1 aromatic carbocycles. The lowest BCUT2D eigenvalue weighted by atomic mass is 10.00. The summed E-state index contributed by atoms with van der Waals surface area (Å²) in [5, 5.41) is 11.5. The Kier molecular flexibility index (Phi) is 2.81. The monoisotopic (exact) mass is 257 g/mol. The van der Waals surface area contributed by atoms with Gasteiger partial charge in [-0.05, 0) is 30.9 Å². The molecule has 18 heavy (non-hydrogen) atoms. The number of nitrogens with one attached hydrogen (secondary N) is 1. The van der Waals surface area contributed by atoms with E-state index in [4.69, 9.17) is 5.73 Å². The number of para-hydroxylation sites is 1. The fourth-order valence-corrected chi connectivity index (χ4v) is 3.25. The normalized spacial score (nSPS) is 18.4. The van der Waals surface area contributed by atoms with Gasteiger partial charge in [0.25, 0.3) is 0 Å². The van der Waals surface area contributed by atoms with E-state index in [1.54, 1.807) is 11.8 Å². The summed E-state index contributed by atoms with van der Waals surface area (Å²) in [5.41, 5.74) is 6.61. The van der Waals surface area contributed by atoms with Crippen LogP contribution in [-0.4, -0.2) is 16.3 Å². The van der Waals surface area contributed by atoms with Gasteiger partial charge in [-0.2, -0.15) is 5.26 Å². The Morgan fingerprint density at radius 3 is 2.89 bits per heavy atom. The van der Waals surface area contributed by atoms with Crippen molar-refractivity contribution in [1.82, 2.24) is 4.98 Å². The van der Waals surface area contributed by atoms with Gasteiger partial charge in [-0.25, -0.2) is 0 Å². The van der Waals surface area contributed by atoms with E-state index in [0.29, 0.717) is 11.7 Å². The highest BCUT2D eigenvalue weighted by atomic mass is 32.2. The van der Waals surface area contributed by atoms with Crippen LogP contribution in [0.2, 0.25) is 0 Å². The second kappa shape index (κ2) is 4.34. The highest BCUT2D eigenvalue weighted by molar-refractivity contribution is 7.99. The molecule has 0 saturated heterocycles. The molecule has 1 aliphatic rings. The quantitative estimate of drug-likeness (QED) is 0.828. The Labute approximate surface area is 110 Å². The number of nitrogens with zero attached hydrogens (tertiary/aromatic N) is 1. The maximum absolute atomic E-state index is 9.21. The topological polar surface area (TPSA) is 65.6 Å². The molecule has 2 aromatic rings. The zero-order valence-electron chi connectivity index (χ0n) is 10.0. The molecule has 4 heteroatoms. The molecule has 1 atom stereocenters. The second-order valence-electron chi connectivity index (χ2n) is 4.94. The Balaban J connectivity index is 1.75. The predicted molar refractivity (Wildman–Crippen MR) is 74.3 cm³/mol. The smallest absolute Gasteiger partial charge is 0.116 e. The highest BCUT2D eigenvalue weighted by Gasteiger charge is 2.42. The van der Waals surface area contributed by atoms with Crippen molar-refractivity contribution in [1.29, 1.82) is 5.26 Å². The number of rotatable bonds is 4. The molecule has 1 unspecified atom stereocenters. The van der Waals surface area contributed by atoms with Crippen LogP contribution < -0.4 is 5.73 Å². The number of H-pyrrole nitrogens is 1. The first-order valence-electron chi connectivity index (χ1n) is 6.12. The summed E-state index contributed by atoms with van der Waals surface area (Å²) in [5.74, 6) is 1.04. The van der Waals surface area contributed by atoms with Crippen molar-refractivity contribution < 1.29 is 0 Å². The van der Waals surface area contributed by atoms with Crippen LogP contribution in [0.4, 0.5) is 0 Å². The number of benzene rings is 1. The lowest BCUT2D eigenvalue weighted by Crippen LogP contribution is -2.43. The maximum atomic E-state index is 9.21. The number of thioether (sulfide) groups is 1. The van der Waals surface area contributed by atoms with Gasteiger partial charge in [0.15, 0.2) is 0 Å². The molecular formula is C14H15N3S. The van der Waals surface area contributed by atoms with Crippen LogP contribution >= 0.6 is 11.8 Å². The number of hydrogen-bond acceptors (Lipinski definition) is 3. The number of nitriles is 1. The molecular weight excluding hydrogens is 242 g/mol. The van der Waals surface area contributed by atoms with Gasteiger partial charge in [-0.3, -0.25) is 0 Å². The van der Waals surface area contributed by atoms with Crippen molar-refractivity contribution in [3.63, 3.8) is 0 Å². The molecule has 1 heterocycles. The molecule has 0 amide bonds. The molecule has 3 N–H and O–H groups in total. The zero-order valence-corrected chi connectivity index (χ0v) is 10.8. The van der Waals surface area contributed by atoms with Crippen LogP contribution in [0.5, 0.6) is 0 Å². The maximum Gasteiger partial charge on any atom is 0.116 e. The van der Waals surface area contributed by atoms with Crippen LogP contribution in [0.3, 0.4) is 0 Å². The number of fused-ring (bicyclic) bond motifs is 1. The van der Waals surface area contributed by atoms with Crippen LogP contribution in [0.25, 0.3) is 10.9 Å². The Morgan fingerprint density at radius 2 is 2.22 bits per heavy atom. The molecule has 1 aromatic heterocycles. The van der Waals surface area contributed by atoms with Crippen molar-refractivity contribution in [2.24, 2.45) is 11.7 Å². The third-order valence-corrected chi connectivity index (χ3v) is 4.64. The molecule has 1 aliphatic carbocycles. The molecule has 0 bridgehead atoms. The van der Waals surface area contributed by atoms with Crippen LogP contribution in [-0.2, 0) is 0 Å². The third kappa shape index (κ3) is 2.12. The largest absolute Gasteiger partial charge is 0.350 e. The lowest BCUT2D eigenvalue weighted by molar-refractivity contribution is 0.532. The first-order chi connectivity index (χ1) is 8.71. The summed E-state index contributed by atoms with van der Waals surface area (Å²) >= 11 is 1.64. The Bertz CT molecular complexity index is 576. The molecule has 0 radical (unpaired) electrons. The van der Waals surface area contributed by atoms with Crippen LogP contribution in [0.1, 0.15) is 12.8 Å².